The topological polar surface area (TPSA) is 191 Å². The summed E-state index contributed by atoms with van der Waals surface area (Å²) in [5.41, 5.74) is 10.2. The number of sulfonamides is 1. The summed E-state index contributed by atoms with van der Waals surface area (Å²) >= 11 is 0. The van der Waals surface area contributed by atoms with Gasteiger partial charge in [0.05, 0.1) is 12.0 Å². The van der Waals surface area contributed by atoms with E-state index >= 15 is 0 Å². The van der Waals surface area contributed by atoms with E-state index < -0.39 is 46.1 Å². The van der Waals surface area contributed by atoms with Gasteiger partial charge in [-0.2, -0.15) is 0 Å². The number of amides is 2. The first kappa shape index (κ1) is 42.4. The number of aryl methyl sites for hydroxylation is 1. The largest absolute Gasteiger partial charge is 0.496 e. The number of nitrogens with two attached hydrogens (primary N) is 1. The lowest BCUT2D eigenvalue weighted by Crippen LogP contribution is -2.54. The number of carbonyl (C=O) groups is 3. The van der Waals surface area contributed by atoms with E-state index in [9.17, 15) is 22.8 Å². The highest BCUT2D eigenvalue weighted by molar-refractivity contribution is 7.90. The number of likely N-dealkylation sites (tertiary alicyclic amines) is 1. The third-order valence-corrected chi connectivity index (χ3v) is 12.3. The molecular formula is C44H50N6O8S. The van der Waals surface area contributed by atoms with Gasteiger partial charge in [0.1, 0.15) is 24.4 Å². The SMILES string of the molecule is COc1cc(C)c(S(=O)(=O)NC(N)=NCCC[C@@H]2N=C([C@@H]3CCCN3C(=O)[C@@H](NC(=O)OCc3ccccc3)C(c3ccccc3)c3ccccc3)OC2=O)c(C)c1C. The normalized spacial score (nSPS) is 17.3. The van der Waals surface area contributed by atoms with Gasteiger partial charge in [0, 0.05) is 19.0 Å². The number of nitrogens with one attached hydrogen (secondary N) is 2. The Balaban J connectivity index is 1.15. The van der Waals surface area contributed by atoms with Gasteiger partial charge < -0.3 is 30.2 Å². The summed E-state index contributed by atoms with van der Waals surface area (Å²) in [7, 11) is -2.52. The van der Waals surface area contributed by atoms with Crippen molar-refractivity contribution < 1.29 is 37.0 Å². The molecular weight excluding hydrogens is 773 g/mol. The van der Waals surface area contributed by atoms with Crippen LogP contribution in [-0.4, -0.2) is 81.5 Å². The molecule has 4 aromatic carbocycles. The van der Waals surface area contributed by atoms with Crippen LogP contribution in [0.4, 0.5) is 4.79 Å². The van der Waals surface area contributed by atoms with Gasteiger partial charge >= 0.3 is 12.1 Å². The summed E-state index contributed by atoms with van der Waals surface area (Å²) in [6.07, 6.45) is 0.984. The van der Waals surface area contributed by atoms with Gasteiger partial charge in [0.2, 0.25) is 17.8 Å². The van der Waals surface area contributed by atoms with Crippen molar-refractivity contribution in [2.24, 2.45) is 15.7 Å². The van der Waals surface area contributed by atoms with E-state index in [0.717, 1.165) is 16.7 Å². The van der Waals surface area contributed by atoms with Gasteiger partial charge in [-0.25, -0.2) is 27.7 Å². The standard InChI is InChI=1S/C44H50N6O8S/c1-28-26-36(56-4)29(2)30(3)39(28)59(54,55)49-43(45)46-24-14-22-34-42(52)58-40(47-34)35-23-15-25-50(35)41(51)38(48-44(53)57-27-31-16-8-5-9-17-31)37(32-18-10-6-11-19-32)33-20-12-7-13-21-33/h5-13,16-21,26,34-35,37-38H,14-15,22-25,27H2,1-4H3,(H,48,53)(H3,45,46,49)/t34-,35-,38-/m0/s1. The van der Waals surface area contributed by atoms with Crippen molar-refractivity contribution >= 4 is 39.9 Å². The number of hydrogen-bond acceptors (Lipinski definition) is 10. The van der Waals surface area contributed by atoms with Gasteiger partial charge in [-0.3, -0.25) is 9.79 Å². The molecule has 6 rings (SSSR count). The summed E-state index contributed by atoms with van der Waals surface area (Å²) < 4.78 is 45.6. The second kappa shape index (κ2) is 19.0. The molecule has 310 valence electrons. The van der Waals surface area contributed by atoms with Crippen molar-refractivity contribution in [3.8, 4) is 5.75 Å². The third kappa shape index (κ3) is 10.1. The Morgan fingerprint density at radius 1 is 0.966 bits per heavy atom. The molecule has 2 aliphatic rings. The molecule has 2 aliphatic heterocycles. The number of ether oxygens (including phenoxy) is 3. The first-order valence-corrected chi connectivity index (χ1v) is 21.0. The van der Waals surface area contributed by atoms with E-state index in [0.29, 0.717) is 48.2 Å². The van der Waals surface area contributed by atoms with E-state index in [1.54, 1.807) is 31.7 Å². The van der Waals surface area contributed by atoms with Crippen LogP contribution in [0.25, 0.3) is 0 Å². The minimum Gasteiger partial charge on any atom is -0.496 e. The first-order valence-electron chi connectivity index (χ1n) is 19.5. The number of aliphatic imine (C=N–C) groups is 2. The molecule has 2 heterocycles. The van der Waals surface area contributed by atoms with Crippen LogP contribution in [0.3, 0.4) is 0 Å². The predicted octanol–water partition coefficient (Wildman–Crippen LogP) is 5.44. The summed E-state index contributed by atoms with van der Waals surface area (Å²) in [5, 5.41) is 2.90. The molecule has 0 saturated carbocycles. The van der Waals surface area contributed by atoms with E-state index in [1.165, 1.54) is 7.11 Å². The van der Waals surface area contributed by atoms with Crippen LogP contribution < -0.4 is 20.5 Å². The van der Waals surface area contributed by atoms with Crippen molar-refractivity contribution in [1.29, 1.82) is 0 Å². The number of hydrogen-bond donors (Lipinski definition) is 3. The van der Waals surface area contributed by atoms with Crippen molar-refractivity contribution in [3.63, 3.8) is 0 Å². The van der Waals surface area contributed by atoms with Gasteiger partial charge in [-0.15, -0.1) is 0 Å². The third-order valence-electron chi connectivity index (χ3n) is 10.6. The molecule has 0 radical (unpaired) electrons. The summed E-state index contributed by atoms with van der Waals surface area (Å²) in [5.74, 6) is -1.06. The molecule has 0 aromatic heterocycles. The Labute approximate surface area is 344 Å². The Morgan fingerprint density at radius 2 is 1.59 bits per heavy atom. The summed E-state index contributed by atoms with van der Waals surface area (Å²) in [4.78, 5) is 51.9. The minimum atomic E-state index is -4.04. The molecule has 1 fully saturated rings. The fourth-order valence-corrected chi connectivity index (χ4v) is 9.12. The lowest BCUT2D eigenvalue weighted by molar-refractivity contribution is -0.137. The number of rotatable bonds is 15. The molecule has 0 aliphatic carbocycles. The van der Waals surface area contributed by atoms with Crippen LogP contribution in [0, 0.1) is 20.8 Å². The maximum atomic E-state index is 14.8. The molecule has 4 N–H and O–H groups in total. The van der Waals surface area contributed by atoms with Crippen molar-refractivity contribution in [1.82, 2.24) is 14.9 Å². The maximum Gasteiger partial charge on any atom is 0.408 e. The number of alkyl carbamates (subject to hydrolysis) is 1. The number of carbonyl (C=O) groups excluding carboxylic acids is 3. The number of nitrogens with zero attached hydrogens (tertiary/aromatic N) is 3. The minimum absolute atomic E-state index is 0.0196. The van der Waals surface area contributed by atoms with Gasteiger partial charge in [0.25, 0.3) is 10.0 Å². The highest BCUT2D eigenvalue weighted by atomic mass is 32.2. The average Bonchev–Trinajstić information content (AvgIpc) is 3.87. The molecule has 0 bridgehead atoms. The van der Waals surface area contributed by atoms with Crippen molar-refractivity contribution in [2.75, 3.05) is 20.2 Å². The first-order chi connectivity index (χ1) is 28.4. The lowest BCUT2D eigenvalue weighted by atomic mass is 9.84. The molecule has 0 unspecified atom stereocenters. The average molecular weight is 823 g/mol. The molecule has 14 nitrogen and oxygen atoms in total. The fourth-order valence-electron chi connectivity index (χ4n) is 7.64. The molecule has 3 atom stereocenters. The van der Waals surface area contributed by atoms with E-state index in [1.807, 2.05) is 91.0 Å². The molecule has 0 spiro atoms. The van der Waals surface area contributed by atoms with Crippen molar-refractivity contribution in [3.05, 3.63) is 130 Å². The number of guanidine groups is 1. The Bertz CT molecular complexity index is 2270. The molecule has 4 aromatic rings. The van der Waals surface area contributed by atoms with E-state index in [2.05, 4.69) is 20.0 Å². The van der Waals surface area contributed by atoms with Crippen LogP contribution in [0.2, 0.25) is 0 Å². The zero-order chi connectivity index (χ0) is 42.1. The highest BCUT2D eigenvalue weighted by Crippen LogP contribution is 2.33. The van der Waals surface area contributed by atoms with Crippen LogP contribution in [0.5, 0.6) is 5.75 Å². The second-order valence-electron chi connectivity index (χ2n) is 14.6. The zero-order valence-corrected chi connectivity index (χ0v) is 34.4. The summed E-state index contributed by atoms with van der Waals surface area (Å²) in [6.45, 7) is 5.66. The number of benzene rings is 4. The van der Waals surface area contributed by atoms with Crippen LogP contribution in [-0.2, 0) is 35.7 Å². The number of cyclic esters (lactones) is 1. The highest BCUT2D eigenvalue weighted by Gasteiger charge is 2.44. The monoisotopic (exact) mass is 822 g/mol. The zero-order valence-electron chi connectivity index (χ0n) is 33.6. The molecule has 15 heteroatoms. The van der Waals surface area contributed by atoms with E-state index in [-0.39, 0.29) is 42.2 Å². The fraction of sp³-hybridized carbons (Fsp3) is 0.341. The van der Waals surface area contributed by atoms with Crippen LogP contribution >= 0.6 is 0 Å². The van der Waals surface area contributed by atoms with Crippen LogP contribution in [0.15, 0.2) is 112 Å². The van der Waals surface area contributed by atoms with Gasteiger partial charge in [-0.1, -0.05) is 91.0 Å². The Hall–Kier alpha value is -6.22. The van der Waals surface area contributed by atoms with Crippen molar-refractivity contribution in [2.45, 2.75) is 82.0 Å². The molecule has 59 heavy (non-hydrogen) atoms. The number of methoxy groups -OCH3 is 1. The smallest absolute Gasteiger partial charge is 0.408 e. The quantitative estimate of drug-likeness (QED) is 0.0607. The summed E-state index contributed by atoms with van der Waals surface area (Å²) in [6, 6.07) is 27.3. The van der Waals surface area contributed by atoms with E-state index in [4.69, 9.17) is 19.9 Å². The molecule has 1 saturated heterocycles. The van der Waals surface area contributed by atoms with Crippen LogP contribution in [0.1, 0.15) is 65.0 Å². The van der Waals surface area contributed by atoms with Gasteiger partial charge in [0.15, 0.2) is 6.04 Å². The lowest BCUT2D eigenvalue weighted by Gasteiger charge is -2.33. The Kier molecular flexibility index (Phi) is 13.7. The second-order valence-corrected chi connectivity index (χ2v) is 16.2. The predicted molar refractivity (Wildman–Crippen MR) is 224 cm³/mol. The van der Waals surface area contributed by atoms with Gasteiger partial charge in [-0.05, 0) is 85.9 Å². The molecule has 2 amide bonds. The Morgan fingerprint density at radius 3 is 2.22 bits per heavy atom. The number of esters is 1. The maximum absolute atomic E-state index is 14.8.